The number of aryl methyl sites for hydroxylation is 2. The number of carbonyl (C=O) groups is 1. The highest BCUT2D eigenvalue weighted by Gasteiger charge is 2.28. The molecule has 0 spiro atoms. The van der Waals surface area contributed by atoms with E-state index >= 15 is 0 Å². The smallest absolute Gasteiger partial charge is 0.257 e. The average molecular weight is 286 g/mol. The van der Waals surface area contributed by atoms with E-state index in [-0.39, 0.29) is 11.3 Å². The lowest BCUT2D eigenvalue weighted by Gasteiger charge is -2.16. The summed E-state index contributed by atoms with van der Waals surface area (Å²) in [6.45, 7) is 10.3. The van der Waals surface area contributed by atoms with E-state index in [9.17, 15) is 4.79 Å². The number of nitrogens with one attached hydrogen (secondary N) is 1. The molecule has 4 nitrogen and oxygen atoms in total. The first-order chi connectivity index (χ1) is 9.79. The van der Waals surface area contributed by atoms with Gasteiger partial charge in [-0.2, -0.15) is 0 Å². The van der Waals surface area contributed by atoms with Gasteiger partial charge in [0.05, 0.1) is 0 Å². The number of carbonyl (C=O) groups excluding carboxylic acids is 1. The molecule has 0 aliphatic carbocycles. The van der Waals surface area contributed by atoms with Crippen LogP contribution in [0.15, 0.2) is 28.8 Å². The molecule has 0 saturated carbocycles. The highest BCUT2D eigenvalue weighted by molar-refractivity contribution is 5.96. The Kier molecular flexibility index (Phi) is 4.16. The lowest BCUT2D eigenvalue weighted by molar-refractivity contribution is 0.0947. The second kappa shape index (κ2) is 5.72. The van der Waals surface area contributed by atoms with Gasteiger partial charge in [0, 0.05) is 12.0 Å². The molecule has 1 aromatic carbocycles. The predicted molar refractivity (Wildman–Crippen MR) is 82.3 cm³/mol. The van der Waals surface area contributed by atoms with Crippen LogP contribution in [-0.4, -0.2) is 11.1 Å². The maximum Gasteiger partial charge on any atom is 0.257 e. The topological polar surface area (TPSA) is 55.1 Å². The molecule has 1 aromatic heterocycles. The lowest BCUT2D eigenvalue weighted by Crippen LogP contribution is -2.27. The molecule has 1 amide bonds. The minimum absolute atomic E-state index is 0.139. The summed E-state index contributed by atoms with van der Waals surface area (Å²) in [6.07, 6.45) is 0. The fourth-order valence-electron chi connectivity index (χ4n) is 2.24. The Bertz CT molecular complexity index is 651. The Morgan fingerprint density at radius 3 is 2.62 bits per heavy atom. The second-order valence-corrected chi connectivity index (χ2v) is 6.38. The van der Waals surface area contributed by atoms with Crippen LogP contribution in [0.25, 0.3) is 0 Å². The summed E-state index contributed by atoms with van der Waals surface area (Å²) in [5.41, 5.74) is 3.28. The van der Waals surface area contributed by atoms with Crippen LogP contribution in [0.3, 0.4) is 0 Å². The van der Waals surface area contributed by atoms with Gasteiger partial charge in [0.2, 0.25) is 0 Å². The summed E-state index contributed by atoms with van der Waals surface area (Å²) < 4.78 is 5.20. The van der Waals surface area contributed by atoms with Crippen LogP contribution in [0.1, 0.15) is 53.7 Å². The molecule has 0 aliphatic rings. The molecule has 2 rings (SSSR count). The molecule has 4 heteroatoms. The summed E-state index contributed by atoms with van der Waals surface area (Å²) in [7, 11) is 0. The summed E-state index contributed by atoms with van der Waals surface area (Å²) in [6, 6.07) is 8.08. The number of hydrogen-bond donors (Lipinski definition) is 1. The number of rotatable bonds is 3. The van der Waals surface area contributed by atoms with Crippen molar-refractivity contribution in [1.82, 2.24) is 10.5 Å². The number of nitrogens with zero attached hydrogens (tertiary/aromatic N) is 1. The van der Waals surface area contributed by atoms with Crippen LogP contribution in [0.2, 0.25) is 0 Å². The number of benzene rings is 1. The van der Waals surface area contributed by atoms with Crippen LogP contribution in [0.5, 0.6) is 0 Å². The third kappa shape index (κ3) is 3.51. The van der Waals surface area contributed by atoms with Gasteiger partial charge in [0.25, 0.3) is 5.91 Å². The van der Waals surface area contributed by atoms with Crippen LogP contribution < -0.4 is 5.32 Å². The van der Waals surface area contributed by atoms with Gasteiger partial charge in [-0.1, -0.05) is 55.8 Å². The summed E-state index contributed by atoms with van der Waals surface area (Å²) >= 11 is 0. The van der Waals surface area contributed by atoms with E-state index in [0.29, 0.717) is 23.6 Å². The SMILES string of the molecule is Cc1cccc(CNC(=O)c2c(C(C)(C)C)noc2C)c1. The first-order valence-corrected chi connectivity index (χ1v) is 7.09. The largest absolute Gasteiger partial charge is 0.361 e. The quantitative estimate of drug-likeness (QED) is 0.939. The maximum atomic E-state index is 12.4. The van der Waals surface area contributed by atoms with Gasteiger partial charge in [-0.25, -0.2) is 0 Å². The van der Waals surface area contributed by atoms with Crippen molar-refractivity contribution in [3.8, 4) is 0 Å². The first-order valence-electron chi connectivity index (χ1n) is 7.09. The van der Waals surface area contributed by atoms with Crippen LogP contribution in [-0.2, 0) is 12.0 Å². The van der Waals surface area contributed by atoms with E-state index < -0.39 is 0 Å². The Hall–Kier alpha value is -2.10. The summed E-state index contributed by atoms with van der Waals surface area (Å²) in [4.78, 5) is 12.4. The van der Waals surface area contributed by atoms with Crippen LogP contribution in [0.4, 0.5) is 0 Å². The van der Waals surface area contributed by atoms with E-state index in [1.54, 1.807) is 6.92 Å². The molecular formula is C17H22N2O2. The Morgan fingerprint density at radius 2 is 2.00 bits per heavy atom. The minimum atomic E-state index is -0.228. The molecule has 0 radical (unpaired) electrons. The number of hydrogen-bond acceptors (Lipinski definition) is 3. The Labute approximate surface area is 125 Å². The number of amides is 1. The van der Waals surface area contributed by atoms with Crippen molar-refractivity contribution in [3.63, 3.8) is 0 Å². The van der Waals surface area contributed by atoms with Gasteiger partial charge in [-0.15, -0.1) is 0 Å². The van der Waals surface area contributed by atoms with Crippen LogP contribution >= 0.6 is 0 Å². The van der Waals surface area contributed by atoms with Gasteiger partial charge in [-0.05, 0) is 19.4 Å². The van der Waals surface area contributed by atoms with Gasteiger partial charge >= 0.3 is 0 Å². The fraction of sp³-hybridized carbons (Fsp3) is 0.412. The van der Waals surface area contributed by atoms with Crippen molar-refractivity contribution in [2.75, 3.05) is 0 Å². The standard InChI is InChI=1S/C17H22N2O2/c1-11-7-6-8-13(9-11)10-18-16(20)14-12(2)21-19-15(14)17(3,4)5/h6-9H,10H2,1-5H3,(H,18,20). The van der Waals surface area contributed by atoms with Crippen molar-refractivity contribution in [2.45, 2.75) is 46.6 Å². The zero-order chi connectivity index (χ0) is 15.6. The third-order valence-corrected chi connectivity index (χ3v) is 3.34. The highest BCUT2D eigenvalue weighted by atomic mass is 16.5. The van der Waals surface area contributed by atoms with Crippen molar-refractivity contribution in [3.05, 3.63) is 52.4 Å². The predicted octanol–water partition coefficient (Wildman–Crippen LogP) is 3.52. The van der Waals surface area contributed by atoms with Gasteiger partial charge in [0.1, 0.15) is 17.0 Å². The molecule has 1 N–H and O–H groups in total. The molecule has 0 aliphatic heterocycles. The molecule has 0 atom stereocenters. The molecule has 0 unspecified atom stereocenters. The zero-order valence-electron chi connectivity index (χ0n) is 13.3. The second-order valence-electron chi connectivity index (χ2n) is 6.38. The summed E-state index contributed by atoms with van der Waals surface area (Å²) in [5.74, 6) is 0.418. The van der Waals surface area contributed by atoms with Gasteiger partial charge in [0.15, 0.2) is 0 Å². The van der Waals surface area contributed by atoms with Crippen LogP contribution in [0, 0.1) is 13.8 Å². The van der Waals surface area contributed by atoms with E-state index in [0.717, 1.165) is 5.56 Å². The van der Waals surface area contributed by atoms with Crippen molar-refractivity contribution < 1.29 is 9.32 Å². The van der Waals surface area contributed by atoms with Gasteiger partial charge in [-0.3, -0.25) is 4.79 Å². The van der Waals surface area contributed by atoms with E-state index in [1.807, 2.05) is 45.9 Å². The Morgan fingerprint density at radius 1 is 1.29 bits per heavy atom. The number of aromatic nitrogens is 1. The zero-order valence-corrected chi connectivity index (χ0v) is 13.3. The first kappa shape index (κ1) is 15.3. The molecule has 2 aromatic rings. The summed E-state index contributed by atoms with van der Waals surface area (Å²) in [5, 5.41) is 6.98. The normalized spacial score (nSPS) is 11.5. The molecule has 0 bridgehead atoms. The molecule has 112 valence electrons. The molecule has 1 heterocycles. The van der Waals surface area contributed by atoms with E-state index in [2.05, 4.69) is 16.5 Å². The van der Waals surface area contributed by atoms with E-state index in [4.69, 9.17) is 4.52 Å². The van der Waals surface area contributed by atoms with Crippen molar-refractivity contribution in [2.24, 2.45) is 0 Å². The third-order valence-electron chi connectivity index (χ3n) is 3.34. The molecule has 21 heavy (non-hydrogen) atoms. The van der Waals surface area contributed by atoms with E-state index in [1.165, 1.54) is 5.56 Å². The highest BCUT2D eigenvalue weighted by Crippen LogP contribution is 2.26. The maximum absolute atomic E-state index is 12.4. The lowest BCUT2D eigenvalue weighted by atomic mass is 9.88. The monoisotopic (exact) mass is 286 g/mol. The minimum Gasteiger partial charge on any atom is -0.361 e. The average Bonchev–Trinajstić information content (AvgIpc) is 2.78. The molecule has 0 saturated heterocycles. The Balaban J connectivity index is 2.16. The fourth-order valence-corrected chi connectivity index (χ4v) is 2.24. The van der Waals surface area contributed by atoms with Gasteiger partial charge < -0.3 is 9.84 Å². The van der Waals surface area contributed by atoms with Crippen molar-refractivity contribution in [1.29, 1.82) is 0 Å². The molecule has 0 fully saturated rings. The molecular weight excluding hydrogens is 264 g/mol. The van der Waals surface area contributed by atoms with Crippen molar-refractivity contribution >= 4 is 5.91 Å².